The average molecular weight is 278 g/mol. The lowest BCUT2D eigenvalue weighted by molar-refractivity contribution is 0.112. The van der Waals surface area contributed by atoms with E-state index in [1.54, 1.807) is 25.6 Å². The summed E-state index contributed by atoms with van der Waals surface area (Å²) in [6.45, 7) is 2.03. The molecule has 0 aliphatic carbocycles. The van der Waals surface area contributed by atoms with Crippen molar-refractivity contribution in [3.63, 3.8) is 0 Å². The lowest BCUT2D eigenvalue weighted by atomic mass is 10.0. The Labute approximate surface area is 122 Å². The van der Waals surface area contributed by atoms with E-state index >= 15 is 0 Å². The molecule has 4 heteroatoms. The minimum Gasteiger partial charge on any atom is -0.494 e. The van der Waals surface area contributed by atoms with E-state index in [0.29, 0.717) is 22.4 Å². The largest absolute Gasteiger partial charge is 0.494 e. The van der Waals surface area contributed by atoms with Gasteiger partial charge in [0.25, 0.3) is 0 Å². The summed E-state index contributed by atoms with van der Waals surface area (Å²) in [6.07, 6.45) is 4.09. The number of rotatable bonds is 3. The number of ether oxygens (including phenoxy) is 1. The number of pyridine rings is 2. The van der Waals surface area contributed by atoms with Gasteiger partial charge in [-0.1, -0.05) is 29.8 Å². The van der Waals surface area contributed by atoms with Gasteiger partial charge in [0.05, 0.1) is 18.2 Å². The highest BCUT2D eigenvalue weighted by molar-refractivity contribution is 6.01. The zero-order valence-corrected chi connectivity index (χ0v) is 11.8. The molecule has 104 valence electrons. The Morgan fingerprint density at radius 3 is 2.57 bits per heavy atom. The molecule has 0 spiro atoms. The number of aromatic nitrogens is 2. The van der Waals surface area contributed by atoms with Crippen molar-refractivity contribution in [3.8, 4) is 17.0 Å². The van der Waals surface area contributed by atoms with Crippen molar-refractivity contribution in [1.82, 2.24) is 9.97 Å². The maximum atomic E-state index is 11.5. The minimum atomic E-state index is 0.478. The molecule has 4 nitrogen and oxygen atoms in total. The van der Waals surface area contributed by atoms with Gasteiger partial charge in [-0.3, -0.25) is 9.78 Å². The molecular weight excluding hydrogens is 264 g/mol. The molecule has 0 unspecified atom stereocenters. The summed E-state index contributed by atoms with van der Waals surface area (Å²) in [7, 11) is 1.55. The standard InChI is InChI=1S/C17H14N2O2/c1-11-3-5-12(6-4-11)16-17(21-2)14(10-20)13-9-18-8-7-15(13)19-16/h3-10H,1-2H3. The number of aldehydes is 1. The molecule has 2 heterocycles. The van der Waals surface area contributed by atoms with E-state index in [9.17, 15) is 4.79 Å². The summed E-state index contributed by atoms with van der Waals surface area (Å²) in [4.78, 5) is 20.2. The van der Waals surface area contributed by atoms with E-state index in [0.717, 1.165) is 17.4 Å². The van der Waals surface area contributed by atoms with E-state index in [4.69, 9.17) is 4.74 Å². The second-order valence-corrected chi connectivity index (χ2v) is 4.78. The molecule has 2 aromatic heterocycles. The molecule has 3 rings (SSSR count). The van der Waals surface area contributed by atoms with Crippen molar-refractivity contribution in [2.75, 3.05) is 7.11 Å². The lowest BCUT2D eigenvalue weighted by Gasteiger charge is -2.12. The summed E-state index contributed by atoms with van der Waals surface area (Å²) < 4.78 is 5.44. The number of benzene rings is 1. The van der Waals surface area contributed by atoms with Gasteiger partial charge in [0.15, 0.2) is 12.0 Å². The van der Waals surface area contributed by atoms with Gasteiger partial charge in [-0.15, -0.1) is 0 Å². The summed E-state index contributed by atoms with van der Waals surface area (Å²) in [5.74, 6) is 0.481. The third kappa shape index (κ3) is 2.25. The van der Waals surface area contributed by atoms with Crippen molar-refractivity contribution < 1.29 is 9.53 Å². The van der Waals surface area contributed by atoms with Crippen LogP contribution in [0.25, 0.3) is 22.2 Å². The van der Waals surface area contributed by atoms with Gasteiger partial charge in [0.2, 0.25) is 0 Å². The Hall–Kier alpha value is -2.75. The first-order valence-electron chi connectivity index (χ1n) is 6.58. The fraction of sp³-hybridized carbons (Fsp3) is 0.118. The SMILES string of the molecule is COc1c(-c2ccc(C)cc2)nc2ccncc2c1C=O. The van der Waals surface area contributed by atoms with Crippen molar-refractivity contribution >= 4 is 17.2 Å². The number of nitrogens with zero attached hydrogens (tertiary/aromatic N) is 2. The van der Waals surface area contributed by atoms with Gasteiger partial charge in [-0.2, -0.15) is 0 Å². The minimum absolute atomic E-state index is 0.478. The molecule has 3 aromatic rings. The number of aryl methyl sites for hydroxylation is 1. The second kappa shape index (κ2) is 5.32. The second-order valence-electron chi connectivity index (χ2n) is 4.78. The smallest absolute Gasteiger partial charge is 0.156 e. The van der Waals surface area contributed by atoms with Gasteiger partial charge in [-0.05, 0) is 13.0 Å². The van der Waals surface area contributed by atoms with Crippen LogP contribution in [-0.2, 0) is 0 Å². The molecule has 1 aromatic carbocycles. The summed E-state index contributed by atoms with van der Waals surface area (Å²) in [6, 6.07) is 9.75. The summed E-state index contributed by atoms with van der Waals surface area (Å²) in [5, 5.41) is 0.695. The zero-order valence-electron chi connectivity index (χ0n) is 11.8. The molecule has 0 bridgehead atoms. The highest BCUT2D eigenvalue weighted by atomic mass is 16.5. The Morgan fingerprint density at radius 1 is 1.14 bits per heavy atom. The van der Waals surface area contributed by atoms with Gasteiger partial charge >= 0.3 is 0 Å². The van der Waals surface area contributed by atoms with Crippen LogP contribution >= 0.6 is 0 Å². The third-order valence-corrected chi connectivity index (χ3v) is 3.43. The maximum Gasteiger partial charge on any atom is 0.156 e. The van der Waals surface area contributed by atoms with Gasteiger partial charge in [-0.25, -0.2) is 4.98 Å². The van der Waals surface area contributed by atoms with Crippen LogP contribution in [0.3, 0.4) is 0 Å². The van der Waals surface area contributed by atoms with Crippen LogP contribution in [0, 0.1) is 6.92 Å². The Balaban J connectivity index is 2.36. The van der Waals surface area contributed by atoms with Crippen LogP contribution in [0.2, 0.25) is 0 Å². The van der Waals surface area contributed by atoms with Crippen molar-refractivity contribution in [3.05, 3.63) is 53.9 Å². The molecule has 21 heavy (non-hydrogen) atoms. The number of fused-ring (bicyclic) bond motifs is 1. The van der Waals surface area contributed by atoms with Crippen LogP contribution in [0.5, 0.6) is 5.75 Å². The first kappa shape index (κ1) is 13.2. The number of carbonyl (C=O) groups excluding carboxylic acids is 1. The maximum absolute atomic E-state index is 11.5. The molecule has 0 saturated carbocycles. The van der Waals surface area contributed by atoms with E-state index in [-0.39, 0.29) is 0 Å². The summed E-state index contributed by atoms with van der Waals surface area (Å²) in [5.41, 5.74) is 3.95. The molecule has 0 fully saturated rings. The quantitative estimate of drug-likeness (QED) is 0.689. The van der Waals surface area contributed by atoms with Crippen LogP contribution < -0.4 is 4.74 Å². The molecule has 0 aliphatic heterocycles. The van der Waals surface area contributed by atoms with Crippen molar-refractivity contribution in [1.29, 1.82) is 0 Å². The Morgan fingerprint density at radius 2 is 1.90 bits per heavy atom. The van der Waals surface area contributed by atoms with Gasteiger partial charge < -0.3 is 4.74 Å². The Bertz CT molecular complexity index is 811. The van der Waals surface area contributed by atoms with E-state index in [2.05, 4.69) is 9.97 Å². The highest BCUT2D eigenvalue weighted by Gasteiger charge is 2.16. The number of hydrogen-bond donors (Lipinski definition) is 0. The fourth-order valence-electron chi connectivity index (χ4n) is 2.34. The predicted molar refractivity (Wildman–Crippen MR) is 81.7 cm³/mol. The molecule has 0 saturated heterocycles. The lowest BCUT2D eigenvalue weighted by Crippen LogP contribution is -1.99. The molecule has 0 amide bonds. The molecule has 0 radical (unpaired) electrons. The Kier molecular flexibility index (Phi) is 3.36. The average Bonchev–Trinajstić information content (AvgIpc) is 2.53. The first-order valence-corrected chi connectivity index (χ1v) is 6.58. The molecule has 0 N–H and O–H groups in total. The van der Waals surface area contributed by atoms with Gasteiger partial charge in [0, 0.05) is 23.3 Å². The van der Waals surface area contributed by atoms with Crippen LogP contribution in [-0.4, -0.2) is 23.4 Å². The fourth-order valence-corrected chi connectivity index (χ4v) is 2.34. The van der Waals surface area contributed by atoms with Crippen molar-refractivity contribution in [2.45, 2.75) is 6.92 Å². The van der Waals surface area contributed by atoms with Gasteiger partial charge in [0.1, 0.15) is 5.69 Å². The van der Waals surface area contributed by atoms with Crippen LogP contribution in [0.1, 0.15) is 15.9 Å². The highest BCUT2D eigenvalue weighted by Crippen LogP contribution is 2.34. The normalized spacial score (nSPS) is 10.6. The third-order valence-electron chi connectivity index (χ3n) is 3.43. The van der Waals surface area contributed by atoms with Crippen LogP contribution in [0.15, 0.2) is 42.7 Å². The number of hydrogen-bond acceptors (Lipinski definition) is 4. The number of carbonyl (C=O) groups is 1. The molecule has 0 atom stereocenters. The summed E-state index contributed by atoms with van der Waals surface area (Å²) >= 11 is 0. The first-order chi connectivity index (χ1) is 10.2. The molecular formula is C17H14N2O2. The molecule has 0 aliphatic rings. The van der Waals surface area contributed by atoms with E-state index in [1.165, 1.54) is 5.56 Å². The van der Waals surface area contributed by atoms with Crippen LogP contribution in [0.4, 0.5) is 0 Å². The predicted octanol–water partition coefficient (Wildman–Crippen LogP) is 3.43. The zero-order chi connectivity index (χ0) is 14.8. The monoisotopic (exact) mass is 278 g/mol. The number of methoxy groups -OCH3 is 1. The topological polar surface area (TPSA) is 52.1 Å². The van der Waals surface area contributed by atoms with E-state index < -0.39 is 0 Å². The van der Waals surface area contributed by atoms with E-state index in [1.807, 2.05) is 31.2 Å². The van der Waals surface area contributed by atoms with Crippen molar-refractivity contribution in [2.24, 2.45) is 0 Å².